The molecule has 0 spiro atoms. The van der Waals surface area contributed by atoms with Crippen LogP contribution in [0.2, 0.25) is 0 Å². The largest absolute Gasteiger partial charge is 0.489 e. The Bertz CT molecular complexity index is 436. The Balaban J connectivity index is 1.95. The zero-order valence-electron chi connectivity index (χ0n) is 9.74. The van der Waals surface area contributed by atoms with Crippen LogP contribution in [-0.2, 0) is 0 Å². The van der Waals surface area contributed by atoms with Crippen LogP contribution < -0.4 is 10.1 Å². The molecule has 0 unspecified atom stereocenters. The molecular weight excluding hydrogens is 219 g/mol. The number of nitrogens with one attached hydrogen (secondary N) is 1. The second-order valence-corrected chi connectivity index (χ2v) is 4.39. The lowest BCUT2D eigenvalue weighted by molar-refractivity contribution is 0.0654. The van der Waals surface area contributed by atoms with E-state index >= 15 is 0 Å². The molecule has 1 aromatic carbocycles. The summed E-state index contributed by atoms with van der Waals surface area (Å²) < 4.78 is 18.6. The summed E-state index contributed by atoms with van der Waals surface area (Å²) in [6.07, 6.45) is 2.14. The second-order valence-electron chi connectivity index (χ2n) is 4.39. The van der Waals surface area contributed by atoms with Gasteiger partial charge in [-0.25, -0.2) is 4.39 Å². The van der Waals surface area contributed by atoms with E-state index in [2.05, 4.69) is 5.32 Å². The third kappa shape index (κ3) is 2.75. The predicted molar refractivity (Wildman–Crippen MR) is 62.2 cm³/mol. The molecule has 3 nitrogen and oxygen atoms in total. The van der Waals surface area contributed by atoms with Crippen LogP contribution >= 0.6 is 0 Å². The number of ether oxygens (including phenoxy) is 1. The summed E-state index contributed by atoms with van der Waals surface area (Å²) in [5.74, 6) is 0.730. The number of hydrogen-bond acceptors (Lipinski definition) is 3. The fourth-order valence-corrected chi connectivity index (χ4v) is 2.10. The highest BCUT2D eigenvalue weighted by Gasteiger charge is 2.30. The number of rotatable bonds is 4. The van der Waals surface area contributed by atoms with Crippen molar-refractivity contribution in [3.05, 3.63) is 29.6 Å². The van der Waals surface area contributed by atoms with Gasteiger partial charge in [0.25, 0.3) is 0 Å². The highest BCUT2D eigenvalue weighted by atomic mass is 19.1. The van der Waals surface area contributed by atoms with Crippen molar-refractivity contribution in [2.75, 3.05) is 13.6 Å². The molecular formula is C13H15FN2O. The Morgan fingerprint density at radius 2 is 2.29 bits per heavy atom. The summed E-state index contributed by atoms with van der Waals surface area (Å²) in [5.41, 5.74) is 0.266. The van der Waals surface area contributed by atoms with Gasteiger partial charge in [0, 0.05) is 0 Å². The first-order valence-electron chi connectivity index (χ1n) is 5.74. The van der Waals surface area contributed by atoms with Crippen LogP contribution in [0.5, 0.6) is 5.75 Å². The highest BCUT2D eigenvalue weighted by Crippen LogP contribution is 2.32. The van der Waals surface area contributed by atoms with Crippen molar-refractivity contribution in [1.29, 1.82) is 5.26 Å². The molecule has 0 atom stereocenters. The average molecular weight is 234 g/mol. The number of hydrogen-bond donors (Lipinski definition) is 1. The van der Waals surface area contributed by atoms with Crippen LogP contribution in [0, 0.1) is 23.1 Å². The summed E-state index contributed by atoms with van der Waals surface area (Å²) in [7, 11) is 1.93. The molecule has 4 heteroatoms. The molecule has 0 amide bonds. The maximum Gasteiger partial charge on any atom is 0.137 e. The second kappa shape index (κ2) is 5.15. The minimum atomic E-state index is -0.407. The molecule has 1 fully saturated rings. The molecule has 0 radical (unpaired) electrons. The lowest BCUT2D eigenvalue weighted by Gasteiger charge is -2.35. The van der Waals surface area contributed by atoms with Crippen molar-refractivity contribution in [3.8, 4) is 11.8 Å². The van der Waals surface area contributed by atoms with Gasteiger partial charge in [-0.05, 0) is 50.6 Å². The zero-order valence-corrected chi connectivity index (χ0v) is 9.74. The summed E-state index contributed by atoms with van der Waals surface area (Å²) in [4.78, 5) is 0. The first kappa shape index (κ1) is 11.9. The highest BCUT2D eigenvalue weighted by molar-refractivity contribution is 5.43. The molecule has 1 N–H and O–H groups in total. The van der Waals surface area contributed by atoms with Crippen molar-refractivity contribution < 1.29 is 9.13 Å². The minimum Gasteiger partial charge on any atom is -0.489 e. The van der Waals surface area contributed by atoms with E-state index in [1.54, 1.807) is 0 Å². The van der Waals surface area contributed by atoms with Crippen molar-refractivity contribution >= 4 is 0 Å². The molecule has 90 valence electrons. The van der Waals surface area contributed by atoms with Crippen molar-refractivity contribution in [1.82, 2.24) is 5.32 Å². The maximum atomic E-state index is 12.9. The lowest BCUT2D eigenvalue weighted by atomic mass is 9.82. The normalized spacial score (nSPS) is 22.6. The Labute approximate surface area is 100 Å². The number of halogens is 1. The topological polar surface area (TPSA) is 45.0 Å². The Morgan fingerprint density at radius 1 is 1.53 bits per heavy atom. The molecule has 17 heavy (non-hydrogen) atoms. The fraction of sp³-hybridized carbons (Fsp3) is 0.462. The van der Waals surface area contributed by atoms with Crippen molar-refractivity contribution in [2.24, 2.45) is 5.92 Å². The summed E-state index contributed by atoms with van der Waals surface area (Å²) in [5, 5.41) is 12.0. The molecule has 1 aliphatic rings. The van der Waals surface area contributed by atoms with Crippen LogP contribution in [0.4, 0.5) is 4.39 Å². The molecule has 0 heterocycles. The van der Waals surface area contributed by atoms with E-state index in [0.29, 0.717) is 11.7 Å². The van der Waals surface area contributed by atoms with E-state index in [0.717, 1.165) is 19.4 Å². The summed E-state index contributed by atoms with van der Waals surface area (Å²) in [6.45, 7) is 0.994. The zero-order chi connectivity index (χ0) is 12.3. The summed E-state index contributed by atoms with van der Waals surface area (Å²) in [6, 6.07) is 6.00. The lowest BCUT2D eigenvalue weighted by Crippen LogP contribution is -2.38. The van der Waals surface area contributed by atoms with E-state index < -0.39 is 5.82 Å². The standard InChI is InChI=1S/C13H15FN2O/c1-16-8-9-4-12(5-9)17-13-3-2-11(14)6-10(13)7-15/h2-3,6,9,12,16H,4-5,8H2,1H3. The Kier molecular flexibility index (Phi) is 3.60. The van der Waals surface area contributed by atoms with Gasteiger partial charge in [-0.1, -0.05) is 0 Å². The number of benzene rings is 1. The molecule has 0 aromatic heterocycles. The summed E-state index contributed by atoms with van der Waals surface area (Å²) >= 11 is 0. The van der Waals surface area contributed by atoms with E-state index in [4.69, 9.17) is 10.00 Å². The molecule has 0 aliphatic heterocycles. The van der Waals surface area contributed by atoms with Crippen LogP contribution in [-0.4, -0.2) is 19.7 Å². The van der Waals surface area contributed by atoms with Gasteiger partial charge >= 0.3 is 0 Å². The molecule has 0 saturated heterocycles. The first-order chi connectivity index (χ1) is 8.22. The van der Waals surface area contributed by atoms with Crippen LogP contribution in [0.25, 0.3) is 0 Å². The van der Waals surface area contributed by atoms with Gasteiger partial charge in [0.2, 0.25) is 0 Å². The molecule has 0 bridgehead atoms. The smallest absolute Gasteiger partial charge is 0.137 e. The van der Waals surface area contributed by atoms with E-state index in [1.807, 2.05) is 13.1 Å². The Morgan fingerprint density at radius 3 is 2.94 bits per heavy atom. The first-order valence-corrected chi connectivity index (χ1v) is 5.74. The molecule has 1 saturated carbocycles. The number of nitriles is 1. The quantitative estimate of drug-likeness (QED) is 0.867. The van der Waals surface area contributed by atoms with Crippen LogP contribution in [0.15, 0.2) is 18.2 Å². The van der Waals surface area contributed by atoms with E-state index in [1.165, 1.54) is 18.2 Å². The van der Waals surface area contributed by atoms with Crippen molar-refractivity contribution in [2.45, 2.75) is 18.9 Å². The van der Waals surface area contributed by atoms with E-state index in [9.17, 15) is 4.39 Å². The fourth-order valence-electron chi connectivity index (χ4n) is 2.10. The predicted octanol–water partition coefficient (Wildman–Crippen LogP) is 2.07. The van der Waals surface area contributed by atoms with Gasteiger partial charge < -0.3 is 10.1 Å². The van der Waals surface area contributed by atoms with Gasteiger partial charge in [-0.3, -0.25) is 0 Å². The number of nitrogens with zero attached hydrogens (tertiary/aromatic N) is 1. The van der Waals surface area contributed by atoms with Gasteiger partial charge in [0.1, 0.15) is 17.6 Å². The molecule has 1 aliphatic carbocycles. The van der Waals surface area contributed by atoms with Gasteiger partial charge in [-0.2, -0.15) is 5.26 Å². The van der Waals surface area contributed by atoms with Crippen LogP contribution in [0.1, 0.15) is 18.4 Å². The van der Waals surface area contributed by atoms with Gasteiger partial charge in [0.15, 0.2) is 0 Å². The van der Waals surface area contributed by atoms with E-state index in [-0.39, 0.29) is 11.7 Å². The average Bonchev–Trinajstić information content (AvgIpc) is 2.28. The third-order valence-corrected chi connectivity index (χ3v) is 3.04. The van der Waals surface area contributed by atoms with Gasteiger partial charge in [-0.15, -0.1) is 0 Å². The van der Waals surface area contributed by atoms with Crippen LogP contribution in [0.3, 0.4) is 0 Å². The molecule has 1 aromatic rings. The SMILES string of the molecule is CNCC1CC(Oc2ccc(F)cc2C#N)C1. The Hall–Kier alpha value is -1.60. The monoisotopic (exact) mass is 234 g/mol. The van der Waals surface area contributed by atoms with Gasteiger partial charge in [0.05, 0.1) is 11.7 Å². The third-order valence-electron chi connectivity index (χ3n) is 3.04. The maximum absolute atomic E-state index is 12.9. The minimum absolute atomic E-state index is 0.158. The molecule has 2 rings (SSSR count). The van der Waals surface area contributed by atoms with Crippen molar-refractivity contribution in [3.63, 3.8) is 0 Å².